The van der Waals surface area contributed by atoms with Crippen molar-refractivity contribution in [3.8, 4) is 0 Å². The smallest absolute Gasteiger partial charge is 0.412 e. The summed E-state index contributed by atoms with van der Waals surface area (Å²) in [5.41, 5.74) is 1.37. The number of anilines is 1. The number of aliphatic imine (C=N–C) groups is 1. The van der Waals surface area contributed by atoms with Gasteiger partial charge < -0.3 is 15.4 Å². The Hall–Kier alpha value is -2.30. The number of halogens is 1. The Labute approximate surface area is 208 Å². The molecule has 0 aliphatic rings. The van der Waals surface area contributed by atoms with Crippen LogP contribution < -0.4 is 16.0 Å². The maximum atomic E-state index is 11.9. The van der Waals surface area contributed by atoms with Crippen LogP contribution in [0.15, 0.2) is 47.7 Å². The normalized spacial score (nSPS) is 12.5. The van der Waals surface area contributed by atoms with Gasteiger partial charge >= 0.3 is 6.09 Å². The maximum Gasteiger partial charge on any atom is 0.412 e. The highest BCUT2D eigenvalue weighted by Gasteiger charge is 2.16. The number of guanidine groups is 1. The molecule has 1 heterocycles. The number of aromatic nitrogens is 2. The van der Waals surface area contributed by atoms with Gasteiger partial charge in [0.1, 0.15) is 5.60 Å². The summed E-state index contributed by atoms with van der Waals surface area (Å²) in [5.74, 6) is 1.21. The van der Waals surface area contributed by atoms with Crippen molar-refractivity contribution in [2.24, 2.45) is 10.9 Å². The van der Waals surface area contributed by atoms with E-state index in [9.17, 15) is 4.79 Å². The van der Waals surface area contributed by atoms with Crippen LogP contribution in [0.4, 0.5) is 10.5 Å². The van der Waals surface area contributed by atoms with Crippen molar-refractivity contribution in [3.63, 3.8) is 0 Å². The molecule has 0 aliphatic carbocycles. The van der Waals surface area contributed by atoms with Crippen LogP contribution in [0.1, 0.15) is 40.2 Å². The van der Waals surface area contributed by atoms with E-state index < -0.39 is 11.7 Å². The molecular weight excluding hydrogens is 519 g/mol. The van der Waals surface area contributed by atoms with E-state index >= 15 is 0 Å². The van der Waals surface area contributed by atoms with Crippen LogP contribution in [0.2, 0.25) is 0 Å². The molecule has 9 heteroatoms. The lowest BCUT2D eigenvalue weighted by atomic mass is 10.1. The quantitative estimate of drug-likeness (QED) is 0.244. The summed E-state index contributed by atoms with van der Waals surface area (Å²) in [4.78, 5) is 16.5. The van der Waals surface area contributed by atoms with Crippen LogP contribution in [-0.4, -0.2) is 47.1 Å². The topological polar surface area (TPSA) is 92.6 Å². The molecular formula is C23H37IN6O2. The standard InChI is InChI=1S/C23H36N6O2.HI/c1-6-24-21(26-16-18(2)17-29-15-7-13-27-29)25-14-12-19-8-10-20(11-9-19)28-22(30)31-23(3,4)5;/h7-11,13,15,18H,6,12,14,16-17H2,1-5H3,(H,28,30)(H2,24,25,26);1H. The highest BCUT2D eigenvalue weighted by atomic mass is 127. The third-order valence-electron chi connectivity index (χ3n) is 4.27. The van der Waals surface area contributed by atoms with Gasteiger partial charge in [0, 0.05) is 44.3 Å². The number of rotatable bonds is 9. The Morgan fingerprint density at radius 1 is 1.22 bits per heavy atom. The van der Waals surface area contributed by atoms with Crippen molar-refractivity contribution in [2.75, 3.05) is 25.0 Å². The Morgan fingerprint density at radius 3 is 2.53 bits per heavy atom. The van der Waals surface area contributed by atoms with Crippen LogP contribution in [0.5, 0.6) is 0 Å². The van der Waals surface area contributed by atoms with Crippen LogP contribution in [0.25, 0.3) is 0 Å². The van der Waals surface area contributed by atoms with E-state index in [-0.39, 0.29) is 24.0 Å². The van der Waals surface area contributed by atoms with Gasteiger partial charge in [0.2, 0.25) is 0 Å². The van der Waals surface area contributed by atoms with Gasteiger partial charge in [0.25, 0.3) is 0 Å². The minimum atomic E-state index is -0.515. The molecule has 8 nitrogen and oxygen atoms in total. The van der Waals surface area contributed by atoms with Crippen molar-refractivity contribution in [2.45, 2.75) is 53.2 Å². The number of carbonyl (C=O) groups excluding carboxylic acids is 1. The van der Waals surface area contributed by atoms with E-state index in [4.69, 9.17) is 9.73 Å². The fourth-order valence-corrected chi connectivity index (χ4v) is 2.88. The van der Waals surface area contributed by atoms with Crippen LogP contribution in [0, 0.1) is 5.92 Å². The lowest BCUT2D eigenvalue weighted by molar-refractivity contribution is 0.0636. The van der Waals surface area contributed by atoms with Crippen LogP contribution in [-0.2, 0) is 17.7 Å². The summed E-state index contributed by atoms with van der Waals surface area (Å²) >= 11 is 0. The average molecular weight is 556 g/mol. The van der Waals surface area contributed by atoms with E-state index in [2.05, 4.69) is 34.9 Å². The minimum absolute atomic E-state index is 0. The monoisotopic (exact) mass is 556 g/mol. The summed E-state index contributed by atoms with van der Waals surface area (Å²) in [7, 11) is 0. The zero-order valence-electron chi connectivity index (χ0n) is 19.7. The number of carbonyl (C=O) groups is 1. The summed E-state index contributed by atoms with van der Waals surface area (Å²) < 4.78 is 7.20. The predicted molar refractivity (Wildman–Crippen MR) is 141 cm³/mol. The third kappa shape index (κ3) is 11.4. The molecule has 0 radical (unpaired) electrons. The average Bonchev–Trinajstić information content (AvgIpc) is 3.19. The molecule has 1 unspecified atom stereocenters. The number of hydrogen-bond acceptors (Lipinski definition) is 4. The number of nitrogens with one attached hydrogen (secondary N) is 3. The van der Waals surface area contributed by atoms with E-state index in [1.807, 2.05) is 62.0 Å². The number of benzene rings is 1. The van der Waals surface area contributed by atoms with Gasteiger partial charge in [0.05, 0.1) is 0 Å². The first kappa shape index (κ1) is 27.7. The minimum Gasteiger partial charge on any atom is -0.444 e. The van der Waals surface area contributed by atoms with Gasteiger partial charge in [-0.1, -0.05) is 19.1 Å². The van der Waals surface area contributed by atoms with Crippen LogP contribution >= 0.6 is 24.0 Å². The molecule has 1 aromatic heterocycles. The Balaban J connectivity index is 0.00000512. The molecule has 1 aromatic carbocycles. The Kier molecular flexibility index (Phi) is 12.1. The fourth-order valence-electron chi connectivity index (χ4n) is 2.88. The predicted octanol–water partition coefficient (Wildman–Crippen LogP) is 4.28. The molecule has 178 valence electrons. The molecule has 0 bridgehead atoms. The molecule has 0 fully saturated rings. The zero-order valence-corrected chi connectivity index (χ0v) is 22.1. The van der Waals surface area contributed by atoms with E-state index in [0.717, 1.165) is 38.6 Å². The second-order valence-corrected chi connectivity index (χ2v) is 8.55. The first-order chi connectivity index (χ1) is 14.7. The van der Waals surface area contributed by atoms with Crippen molar-refractivity contribution in [3.05, 3.63) is 48.3 Å². The SMILES string of the molecule is CCNC(=NCC(C)Cn1cccn1)NCCc1ccc(NC(=O)OC(C)(C)C)cc1.I. The lowest BCUT2D eigenvalue weighted by Gasteiger charge is -2.19. The van der Waals surface area contributed by atoms with E-state index in [0.29, 0.717) is 11.6 Å². The highest BCUT2D eigenvalue weighted by Crippen LogP contribution is 2.13. The Bertz CT molecular complexity index is 816. The van der Waals surface area contributed by atoms with Gasteiger partial charge in [-0.3, -0.25) is 15.0 Å². The van der Waals surface area contributed by atoms with Gasteiger partial charge in [0.15, 0.2) is 5.96 Å². The van der Waals surface area contributed by atoms with Gasteiger partial charge in [-0.2, -0.15) is 5.10 Å². The first-order valence-electron chi connectivity index (χ1n) is 10.8. The molecule has 0 spiro atoms. The second kappa shape index (κ2) is 14.0. The van der Waals surface area contributed by atoms with Crippen molar-refractivity contribution in [1.29, 1.82) is 0 Å². The van der Waals surface area contributed by atoms with Crippen molar-refractivity contribution in [1.82, 2.24) is 20.4 Å². The number of nitrogens with zero attached hydrogens (tertiary/aromatic N) is 3. The van der Waals surface area contributed by atoms with E-state index in [1.165, 1.54) is 5.56 Å². The summed E-state index contributed by atoms with van der Waals surface area (Å²) in [6, 6.07) is 9.71. The molecule has 2 aromatic rings. The van der Waals surface area contributed by atoms with Gasteiger partial charge in [-0.25, -0.2) is 4.79 Å². The molecule has 2 rings (SSSR count). The fraction of sp³-hybridized carbons (Fsp3) is 0.522. The molecule has 1 atom stereocenters. The third-order valence-corrected chi connectivity index (χ3v) is 4.27. The summed E-state index contributed by atoms with van der Waals surface area (Å²) in [6.07, 6.45) is 4.16. The summed E-state index contributed by atoms with van der Waals surface area (Å²) in [6.45, 7) is 12.9. The number of hydrogen-bond donors (Lipinski definition) is 3. The zero-order chi connectivity index (χ0) is 22.7. The molecule has 0 saturated carbocycles. The maximum absolute atomic E-state index is 11.9. The summed E-state index contributed by atoms with van der Waals surface area (Å²) in [5, 5.41) is 13.7. The van der Waals surface area contributed by atoms with Crippen molar-refractivity contribution >= 4 is 41.7 Å². The lowest BCUT2D eigenvalue weighted by Crippen LogP contribution is -2.38. The molecule has 32 heavy (non-hydrogen) atoms. The van der Waals surface area contributed by atoms with Gasteiger partial charge in [-0.05, 0) is 63.8 Å². The second-order valence-electron chi connectivity index (χ2n) is 8.55. The number of amides is 1. The van der Waals surface area contributed by atoms with Gasteiger partial charge in [-0.15, -0.1) is 24.0 Å². The highest BCUT2D eigenvalue weighted by molar-refractivity contribution is 14.0. The molecule has 0 saturated heterocycles. The largest absolute Gasteiger partial charge is 0.444 e. The number of ether oxygens (including phenoxy) is 1. The first-order valence-corrected chi connectivity index (χ1v) is 10.8. The van der Waals surface area contributed by atoms with Crippen molar-refractivity contribution < 1.29 is 9.53 Å². The van der Waals surface area contributed by atoms with Crippen LogP contribution in [0.3, 0.4) is 0 Å². The van der Waals surface area contributed by atoms with E-state index in [1.54, 1.807) is 6.20 Å². The molecule has 0 aliphatic heterocycles. The Morgan fingerprint density at radius 2 is 1.94 bits per heavy atom. The molecule has 3 N–H and O–H groups in total. The molecule has 1 amide bonds.